The van der Waals surface area contributed by atoms with Crippen molar-refractivity contribution in [1.82, 2.24) is 10.2 Å². The van der Waals surface area contributed by atoms with Crippen LogP contribution in [0.5, 0.6) is 11.5 Å². The molecule has 230 valence electrons. The van der Waals surface area contributed by atoms with Crippen LogP contribution in [0, 0.1) is 6.92 Å². The molecule has 10 heteroatoms. The number of amides is 2. The van der Waals surface area contributed by atoms with Crippen LogP contribution in [0.2, 0.25) is 0 Å². The Morgan fingerprint density at radius 2 is 1.41 bits per heavy atom. The number of carbonyl (C=O) groups excluding carboxylic acids is 2. The molecule has 0 aromatic heterocycles. The van der Waals surface area contributed by atoms with Crippen LogP contribution in [0.25, 0.3) is 0 Å². The van der Waals surface area contributed by atoms with Gasteiger partial charge in [-0.05, 0) is 42.3 Å². The first-order chi connectivity index (χ1) is 21.2. The Bertz CT molecular complexity index is 1660. The maximum Gasteiger partial charge on any atom is 0.264 e. The summed E-state index contributed by atoms with van der Waals surface area (Å²) in [5.41, 5.74) is 2.91. The van der Waals surface area contributed by atoms with Gasteiger partial charge in [0.1, 0.15) is 12.6 Å². The minimum absolute atomic E-state index is 0.0137. The van der Waals surface area contributed by atoms with E-state index in [1.54, 1.807) is 30.3 Å². The average molecular weight is 616 g/mol. The van der Waals surface area contributed by atoms with E-state index in [1.165, 1.54) is 44.4 Å². The molecular weight excluding hydrogens is 578 g/mol. The van der Waals surface area contributed by atoms with E-state index in [2.05, 4.69) is 5.32 Å². The lowest BCUT2D eigenvalue weighted by Crippen LogP contribution is -2.53. The lowest BCUT2D eigenvalue weighted by molar-refractivity contribution is -0.139. The highest BCUT2D eigenvalue weighted by atomic mass is 32.2. The van der Waals surface area contributed by atoms with Crippen molar-refractivity contribution in [2.75, 3.05) is 32.1 Å². The van der Waals surface area contributed by atoms with Gasteiger partial charge in [0.15, 0.2) is 11.5 Å². The highest BCUT2D eigenvalue weighted by Gasteiger charge is 2.34. The molecule has 0 spiro atoms. The smallest absolute Gasteiger partial charge is 0.264 e. The summed E-state index contributed by atoms with van der Waals surface area (Å²) in [6, 6.07) is 28.7. The summed E-state index contributed by atoms with van der Waals surface area (Å²) in [4.78, 5) is 29.2. The lowest BCUT2D eigenvalue weighted by atomic mass is 10.0. The number of carbonyl (C=O) groups is 2. The van der Waals surface area contributed by atoms with Gasteiger partial charge in [0, 0.05) is 26.1 Å². The van der Waals surface area contributed by atoms with Gasteiger partial charge in [0.05, 0.1) is 24.8 Å². The van der Waals surface area contributed by atoms with Gasteiger partial charge in [-0.1, -0.05) is 78.4 Å². The first-order valence-electron chi connectivity index (χ1n) is 14.1. The summed E-state index contributed by atoms with van der Waals surface area (Å²) >= 11 is 0. The number of nitrogens with one attached hydrogen (secondary N) is 1. The third-order valence-electron chi connectivity index (χ3n) is 7.26. The number of methoxy groups -OCH3 is 2. The van der Waals surface area contributed by atoms with E-state index in [1.807, 2.05) is 61.5 Å². The van der Waals surface area contributed by atoms with Gasteiger partial charge >= 0.3 is 0 Å². The monoisotopic (exact) mass is 615 g/mol. The Kier molecular flexibility index (Phi) is 10.6. The van der Waals surface area contributed by atoms with E-state index in [4.69, 9.17) is 9.47 Å². The Hall–Kier alpha value is -4.83. The molecule has 0 bridgehead atoms. The van der Waals surface area contributed by atoms with Gasteiger partial charge in [-0.15, -0.1) is 0 Å². The molecule has 1 N–H and O–H groups in total. The first kappa shape index (κ1) is 32.1. The number of anilines is 1. The van der Waals surface area contributed by atoms with Gasteiger partial charge in [-0.2, -0.15) is 0 Å². The van der Waals surface area contributed by atoms with Crippen LogP contribution in [-0.2, 0) is 32.6 Å². The number of ether oxygens (including phenoxy) is 2. The second-order valence-electron chi connectivity index (χ2n) is 10.2. The number of sulfonamides is 1. The molecular formula is C34H37N3O6S. The van der Waals surface area contributed by atoms with Crippen LogP contribution in [0.4, 0.5) is 5.69 Å². The van der Waals surface area contributed by atoms with Gasteiger partial charge in [-0.25, -0.2) is 8.42 Å². The highest BCUT2D eigenvalue weighted by Crippen LogP contribution is 2.34. The second-order valence-corrected chi connectivity index (χ2v) is 12.1. The van der Waals surface area contributed by atoms with E-state index >= 15 is 0 Å². The molecule has 4 aromatic carbocycles. The van der Waals surface area contributed by atoms with Crippen molar-refractivity contribution in [2.45, 2.75) is 30.8 Å². The fraction of sp³-hybridized carbons (Fsp3) is 0.235. The van der Waals surface area contributed by atoms with Gasteiger partial charge in [0.25, 0.3) is 10.0 Å². The zero-order valence-electron chi connectivity index (χ0n) is 25.3. The van der Waals surface area contributed by atoms with Crippen LogP contribution < -0.4 is 19.1 Å². The minimum Gasteiger partial charge on any atom is -0.493 e. The molecule has 0 heterocycles. The van der Waals surface area contributed by atoms with Gasteiger partial charge < -0.3 is 19.7 Å². The van der Waals surface area contributed by atoms with Crippen LogP contribution in [0.3, 0.4) is 0 Å². The average Bonchev–Trinajstić information content (AvgIpc) is 3.06. The zero-order valence-corrected chi connectivity index (χ0v) is 26.1. The molecule has 0 aliphatic rings. The van der Waals surface area contributed by atoms with E-state index in [0.717, 1.165) is 21.0 Å². The SMILES string of the molecule is CNC(=O)[C@@H](Cc1ccccc1)N(Cc1ccc(C)cc1)C(=O)CN(c1ccc(OC)c(OC)c1)S(=O)(=O)c1ccccc1. The molecule has 0 saturated carbocycles. The molecule has 0 aliphatic heterocycles. The molecule has 9 nitrogen and oxygen atoms in total. The summed E-state index contributed by atoms with van der Waals surface area (Å²) in [6.07, 6.45) is 0.236. The standard InChI is InChI=1S/C34H37N3O6S/c1-25-15-17-27(18-16-25)23-36(30(34(39)35-2)21-26-11-7-5-8-12-26)33(38)24-37(44(40,41)29-13-9-6-10-14-29)28-19-20-31(42-3)32(22-28)43-4/h5-20,22,30H,21,23-24H2,1-4H3,(H,35,39)/t30-/m1/s1. The van der Waals surface area contributed by atoms with Crippen molar-refractivity contribution in [3.8, 4) is 11.5 Å². The van der Waals surface area contributed by atoms with E-state index in [9.17, 15) is 18.0 Å². The molecule has 44 heavy (non-hydrogen) atoms. The molecule has 0 unspecified atom stereocenters. The van der Waals surface area contributed by atoms with E-state index in [0.29, 0.717) is 11.5 Å². The third-order valence-corrected chi connectivity index (χ3v) is 9.04. The fourth-order valence-electron chi connectivity index (χ4n) is 4.84. The van der Waals surface area contributed by atoms with Gasteiger partial charge in [0.2, 0.25) is 11.8 Å². The zero-order chi connectivity index (χ0) is 31.7. The molecule has 2 amide bonds. The largest absolute Gasteiger partial charge is 0.493 e. The summed E-state index contributed by atoms with van der Waals surface area (Å²) in [7, 11) is 0.220. The maximum atomic E-state index is 14.4. The summed E-state index contributed by atoms with van der Waals surface area (Å²) < 4.78 is 40.0. The number of aryl methyl sites for hydroxylation is 1. The Morgan fingerprint density at radius 3 is 2.00 bits per heavy atom. The summed E-state index contributed by atoms with van der Waals surface area (Å²) in [5.74, 6) is -0.208. The number of nitrogens with zero attached hydrogens (tertiary/aromatic N) is 2. The second kappa shape index (κ2) is 14.6. The fourth-order valence-corrected chi connectivity index (χ4v) is 6.27. The predicted octanol–water partition coefficient (Wildman–Crippen LogP) is 4.59. The highest BCUT2D eigenvalue weighted by molar-refractivity contribution is 7.92. The number of hydrogen-bond acceptors (Lipinski definition) is 6. The number of hydrogen-bond donors (Lipinski definition) is 1. The molecule has 1 atom stereocenters. The molecule has 4 rings (SSSR count). The third kappa shape index (κ3) is 7.57. The van der Waals surface area contributed by atoms with Gasteiger partial charge in [-0.3, -0.25) is 13.9 Å². The van der Waals surface area contributed by atoms with Crippen molar-refractivity contribution in [1.29, 1.82) is 0 Å². The van der Waals surface area contributed by atoms with Crippen LogP contribution in [-0.4, -0.2) is 59.0 Å². The number of benzene rings is 4. The minimum atomic E-state index is -4.23. The summed E-state index contributed by atoms with van der Waals surface area (Å²) in [5, 5.41) is 2.69. The molecule has 4 aromatic rings. The normalized spacial score (nSPS) is 11.7. The van der Waals surface area contributed by atoms with E-state index in [-0.39, 0.29) is 29.5 Å². The number of rotatable bonds is 13. The van der Waals surface area contributed by atoms with Crippen molar-refractivity contribution in [3.63, 3.8) is 0 Å². The molecule has 0 saturated heterocycles. The quantitative estimate of drug-likeness (QED) is 0.236. The first-order valence-corrected chi connectivity index (χ1v) is 15.5. The van der Waals surface area contributed by atoms with Crippen LogP contribution in [0.1, 0.15) is 16.7 Å². The van der Waals surface area contributed by atoms with Crippen molar-refractivity contribution < 1.29 is 27.5 Å². The predicted molar refractivity (Wildman–Crippen MR) is 170 cm³/mol. The Balaban J connectivity index is 1.81. The van der Waals surface area contributed by atoms with Crippen LogP contribution >= 0.6 is 0 Å². The Morgan fingerprint density at radius 1 is 0.795 bits per heavy atom. The van der Waals surface area contributed by atoms with Crippen molar-refractivity contribution in [2.24, 2.45) is 0 Å². The topological polar surface area (TPSA) is 105 Å². The molecule has 0 aliphatic carbocycles. The summed E-state index contributed by atoms with van der Waals surface area (Å²) in [6.45, 7) is 1.49. The maximum absolute atomic E-state index is 14.4. The lowest BCUT2D eigenvalue weighted by Gasteiger charge is -2.33. The molecule has 0 fully saturated rings. The molecule has 0 radical (unpaired) electrons. The number of likely N-dealkylation sites (N-methyl/N-ethyl adjacent to an activating group) is 1. The Labute approximate surface area is 259 Å². The van der Waals surface area contributed by atoms with Crippen molar-refractivity contribution >= 4 is 27.5 Å². The van der Waals surface area contributed by atoms with E-state index < -0.39 is 28.5 Å². The van der Waals surface area contributed by atoms with Crippen LogP contribution in [0.15, 0.2) is 108 Å². The van der Waals surface area contributed by atoms with Crippen molar-refractivity contribution in [3.05, 3.63) is 120 Å².